The molecule has 2 heterocycles. The Morgan fingerprint density at radius 3 is 2.34 bits per heavy atom. The van der Waals surface area contributed by atoms with Gasteiger partial charge >= 0.3 is 0 Å². The van der Waals surface area contributed by atoms with Crippen molar-refractivity contribution < 1.29 is 4.74 Å². The van der Waals surface area contributed by atoms with Crippen LogP contribution in [-0.2, 0) is 5.41 Å². The summed E-state index contributed by atoms with van der Waals surface area (Å²) in [6.07, 6.45) is 0. The smallest absolute Gasteiger partial charge is 0.139 e. The minimum atomic E-state index is -0.0466. The maximum absolute atomic E-state index is 6.48. The molecule has 0 spiro atoms. The van der Waals surface area contributed by atoms with E-state index in [2.05, 4.69) is 77.7 Å². The molecule has 160 valence electrons. The number of rotatable bonds is 3. The Morgan fingerprint density at radius 1 is 0.812 bits per heavy atom. The maximum atomic E-state index is 6.48. The molecule has 0 amide bonds. The van der Waals surface area contributed by atoms with Crippen molar-refractivity contribution in [3.05, 3.63) is 94.1 Å². The molecule has 3 aromatic carbocycles. The number of hydrogen-bond acceptors (Lipinski definition) is 2. The summed E-state index contributed by atoms with van der Waals surface area (Å²) in [5, 5.41) is 2.79. The molecule has 0 aliphatic rings. The van der Waals surface area contributed by atoms with Gasteiger partial charge in [-0.25, -0.2) is 4.98 Å². The number of halogens is 2. The SMILES string of the molecule is CC(C)(C)c1cc(Cl)nc(-n2c3ccccc3c3ccc(Oc4cccc(Br)c4)cc32)c1. The molecule has 0 saturated carbocycles. The van der Waals surface area contributed by atoms with Gasteiger partial charge in [-0.3, -0.25) is 4.57 Å². The van der Waals surface area contributed by atoms with E-state index in [9.17, 15) is 0 Å². The lowest BCUT2D eigenvalue weighted by atomic mass is 9.88. The van der Waals surface area contributed by atoms with Crippen LogP contribution in [0.4, 0.5) is 0 Å². The lowest BCUT2D eigenvalue weighted by Gasteiger charge is -2.20. The minimum absolute atomic E-state index is 0.0466. The van der Waals surface area contributed by atoms with E-state index in [1.165, 1.54) is 0 Å². The molecule has 0 aliphatic heterocycles. The van der Waals surface area contributed by atoms with Crippen LogP contribution in [0.15, 0.2) is 83.3 Å². The first-order chi connectivity index (χ1) is 15.3. The van der Waals surface area contributed by atoms with Crippen LogP contribution in [0.5, 0.6) is 11.5 Å². The first kappa shape index (κ1) is 21.0. The second kappa shape index (κ2) is 7.95. The van der Waals surface area contributed by atoms with Crippen molar-refractivity contribution in [2.45, 2.75) is 26.2 Å². The van der Waals surface area contributed by atoms with Gasteiger partial charge in [0.15, 0.2) is 0 Å². The largest absolute Gasteiger partial charge is 0.457 e. The minimum Gasteiger partial charge on any atom is -0.457 e. The lowest BCUT2D eigenvalue weighted by molar-refractivity contribution is 0.483. The van der Waals surface area contributed by atoms with Crippen LogP contribution in [0.25, 0.3) is 27.6 Å². The number of fused-ring (bicyclic) bond motifs is 3. The van der Waals surface area contributed by atoms with Crippen molar-refractivity contribution in [2.24, 2.45) is 0 Å². The van der Waals surface area contributed by atoms with Gasteiger partial charge in [0.05, 0.1) is 11.0 Å². The van der Waals surface area contributed by atoms with E-state index < -0.39 is 0 Å². The van der Waals surface area contributed by atoms with E-state index >= 15 is 0 Å². The summed E-state index contributed by atoms with van der Waals surface area (Å²) in [4.78, 5) is 4.70. The Labute approximate surface area is 200 Å². The molecule has 5 rings (SSSR count). The fourth-order valence-corrected chi connectivity index (χ4v) is 4.54. The second-order valence-electron chi connectivity index (χ2n) is 8.88. The molecule has 2 aromatic heterocycles. The fourth-order valence-electron chi connectivity index (χ4n) is 3.96. The Morgan fingerprint density at radius 2 is 1.56 bits per heavy atom. The third kappa shape index (κ3) is 3.89. The van der Waals surface area contributed by atoms with Crippen molar-refractivity contribution in [3.63, 3.8) is 0 Å². The third-order valence-corrected chi connectivity index (χ3v) is 6.24. The average Bonchev–Trinajstić information content (AvgIpc) is 3.06. The van der Waals surface area contributed by atoms with Crippen molar-refractivity contribution in [2.75, 3.05) is 0 Å². The molecule has 0 saturated heterocycles. The second-order valence-corrected chi connectivity index (χ2v) is 10.2. The predicted octanol–water partition coefficient (Wildman–Crippen LogP) is 8.68. The summed E-state index contributed by atoms with van der Waals surface area (Å²) >= 11 is 9.98. The number of aromatic nitrogens is 2. The highest BCUT2D eigenvalue weighted by atomic mass is 79.9. The van der Waals surface area contributed by atoms with E-state index in [4.69, 9.17) is 21.3 Å². The molecule has 5 heteroatoms. The highest BCUT2D eigenvalue weighted by Crippen LogP contribution is 2.36. The molecular formula is C27H22BrClN2O. The van der Waals surface area contributed by atoms with E-state index in [0.29, 0.717) is 5.15 Å². The van der Waals surface area contributed by atoms with Crippen LogP contribution in [0, 0.1) is 0 Å². The number of ether oxygens (including phenoxy) is 1. The van der Waals surface area contributed by atoms with Crippen LogP contribution in [0.2, 0.25) is 5.15 Å². The highest BCUT2D eigenvalue weighted by molar-refractivity contribution is 9.10. The lowest BCUT2D eigenvalue weighted by Crippen LogP contribution is -2.12. The van der Waals surface area contributed by atoms with Gasteiger partial charge in [0, 0.05) is 21.3 Å². The average molecular weight is 506 g/mol. The van der Waals surface area contributed by atoms with Crippen molar-refractivity contribution in [3.8, 4) is 17.3 Å². The molecule has 0 radical (unpaired) electrons. The van der Waals surface area contributed by atoms with Crippen LogP contribution >= 0.6 is 27.5 Å². The Hall–Kier alpha value is -2.82. The maximum Gasteiger partial charge on any atom is 0.139 e. The number of para-hydroxylation sites is 1. The molecule has 32 heavy (non-hydrogen) atoms. The fraction of sp³-hybridized carbons (Fsp3) is 0.148. The zero-order chi connectivity index (χ0) is 22.5. The monoisotopic (exact) mass is 504 g/mol. The van der Waals surface area contributed by atoms with Crippen LogP contribution in [-0.4, -0.2) is 9.55 Å². The van der Waals surface area contributed by atoms with Crippen molar-refractivity contribution in [1.82, 2.24) is 9.55 Å². The van der Waals surface area contributed by atoms with E-state index in [0.717, 1.165) is 49.2 Å². The topological polar surface area (TPSA) is 27.1 Å². The number of nitrogens with zero attached hydrogens (tertiary/aromatic N) is 2. The first-order valence-corrected chi connectivity index (χ1v) is 11.6. The summed E-state index contributed by atoms with van der Waals surface area (Å²) in [5.41, 5.74) is 3.19. The highest BCUT2D eigenvalue weighted by Gasteiger charge is 2.19. The first-order valence-electron chi connectivity index (χ1n) is 10.4. The molecule has 0 atom stereocenters. The van der Waals surface area contributed by atoms with Gasteiger partial charge in [-0.05, 0) is 59.5 Å². The molecule has 0 aliphatic carbocycles. The zero-order valence-electron chi connectivity index (χ0n) is 18.1. The zero-order valence-corrected chi connectivity index (χ0v) is 20.4. The molecule has 5 aromatic rings. The standard InChI is InChI=1S/C27H22BrClN2O/c1-27(2,3)17-13-25(29)30-26(14-17)31-23-10-5-4-9-21(23)22-12-11-20(16-24(22)31)32-19-8-6-7-18(28)15-19/h4-16H,1-3H3. The molecule has 0 unspecified atom stereocenters. The molecule has 0 N–H and O–H groups in total. The van der Waals surface area contributed by atoms with Crippen LogP contribution < -0.4 is 4.74 Å². The normalized spacial score (nSPS) is 11.9. The van der Waals surface area contributed by atoms with Gasteiger partial charge in [0.25, 0.3) is 0 Å². The van der Waals surface area contributed by atoms with Crippen LogP contribution in [0.3, 0.4) is 0 Å². The molecule has 0 fully saturated rings. The van der Waals surface area contributed by atoms with Gasteiger partial charge in [-0.1, -0.05) is 72.6 Å². The Kier molecular flexibility index (Phi) is 5.23. The Bertz CT molecular complexity index is 1470. The van der Waals surface area contributed by atoms with E-state index in [-0.39, 0.29) is 5.41 Å². The van der Waals surface area contributed by atoms with Gasteiger partial charge in [-0.2, -0.15) is 0 Å². The number of hydrogen-bond donors (Lipinski definition) is 0. The summed E-state index contributed by atoms with van der Waals surface area (Å²) < 4.78 is 9.31. The summed E-state index contributed by atoms with van der Waals surface area (Å²) in [7, 11) is 0. The number of benzene rings is 3. The van der Waals surface area contributed by atoms with E-state index in [1.807, 2.05) is 42.5 Å². The quantitative estimate of drug-likeness (QED) is 0.229. The van der Waals surface area contributed by atoms with E-state index in [1.54, 1.807) is 0 Å². The summed E-state index contributed by atoms with van der Waals surface area (Å²) in [5.74, 6) is 2.34. The van der Waals surface area contributed by atoms with Gasteiger partial charge in [-0.15, -0.1) is 0 Å². The van der Waals surface area contributed by atoms with Gasteiger partial charge in [0.1, 0.15) is 22.5 Å². The third-order valence-electron chi connectivity index (χ3n) is 5.55. The summed E-state index contributed by atoms with van der Waals surface area (Å²) in [6.45, 7) is 6.54. The summed E-state index contributed by atoms with van der Waals surface area (Å²) in [6, 6.07) is 26.4. The Balaban J connectivity index is 1.75. The van der Waals surface area contributed by atoms with Gasteiger partial charge < -0.3 is 4.74 Å². The van der Waals surface area contributed by atoms with Crippen LogP contribution in [0.1, 0.15) is 26.3 Å². The van der Waals surface area contributed by atoms with Gasteiger partial charge in [0.2, 0.25) is 0 Å². The molecule has 0 bridgehead atoms. The predicted molar refractivity (Wildman–Crippen MR) is 137 cm³/mol. The molecule has 3 nitrogen and oxygen atoms in total. The molecular weight excluding hydrogens is 484 g/mol. The van der Waals surface area contributed by atoms with Crippen molar-refractivity contribution in [1.29, 1.82) is 0 Å². The van der Waals surface area contributed by atoms with Crippen molar-refractivity contribution >= 4 is 49.3 Å². The number of pyridine rings is 1.